The Morgan fingerprint density at radius 2 is 0.824 bits per heavy atom. The Balaban J connectivity index is 0.000000284. The summed E-state index contributed by atoms with van der Waals surface area (Å²) in [5.74, 6) is 0. The molecule has 96 valence electrons. The van der Waals surface area contributed by atoms with Gasteiger partial charge in [-0.25, -0.2) is 0 Å². The monoisotopic (exact) mass is 250 g/mol. The van der Waals surface area contributed by atoms with Crippen LogP contribution < -0.4 is 10.2 Å². The maximum absolute atomic E-state index is 11.1. The van der Waals surface area contributed by atoms with Crippen molar-refractivity contribution in [3.63, 3.8) is 0 Å². The van der Waals surface area contributed by atoms with Gasteiger partial charge < -0.3 is 10.2 Å². The zero-order chi connectivity index (χ0) is 12.1. The fraction of sp³-hybridized carbons (Fsp3) is 1.00. The van der Waals surface area contributed by atoms with Crippen LogP contribution in [0.25, 0.3) is 0 Å². The Hall–Kier alpha value is 0.686. The van der Waals surface area contributed by atoms with Crippen LogP contribution >= 0.6 is 0 Å². The topological polar surface area (TPSA) is 46.1 Å². The second kappa shape index (κ2) is 7.98. The van der Waals surface area contributed by atoms with Crippen molar-refractivity contribution in [2.45, 2.75) is 89.3 Å². The number of hydrogen-bond donors (Lipinski definition) is 0. The average Bonchev–Trinajstić information content (AvgIpc) is 2.17. The molecule has 2 rings (SSSR count). The van der Waals surface area contributed by atoms with Crippen LogP contribution in [-0.4, -0.2) is 34.3 Å². The van der Waals surface area contributed by atoms with Gasteiger partial charge in [-0.1, -0.05) is 78.1 Å². The standard InChI is InChI=1S/2C7H13O.Mg/c2*1-7(8)5-3-2-4-6-7;/h2*2-6H2,1H3;/q2*-1;+2. The molecule has 0 radical (unpaired) electrons. The predicted molar refractivity (Wildman–Crippen MR) is 68.7 cm³/mol. The molecular formula is C14H26MgO2. The smallest absolute Gasteiger partial charge is 0.850 e. The van der Waals surface area contributed by atoms with E-state index in [2.05, 4.69) is 0 Å². The van der Waals surface area contributed by atoms with E-state index in [1.54, 1.807) is 0 Å². The summed E-state index contributed by atoms with van der Waals surface area (Å²) < 4.78 is 0. The number of rotatable bonds is 0. The van der Waals surface area contributed by atoms with Gasteiger partial charge in [0.25, 0.3) is 0 Å². The second-order valence-electron chi connectivity index (χ2n) is 6.02. The Bertz CT molecular complexity index is 164. The first-order valence-electron chi connectivity index (χ1n) is 6.82. The molecule has 2 saturated carbocycles. The average molecular weight is 251 g/mol. The van der Waals surface area contributed by atoms with Gasteiger partial charge in [-0.2, -0.15) is 0 Å². The van der Waals surface area contributed by atoms with Crippen molar-refractivity contribution in [1.82, 2.24) is 0 Å². The van der Waals surface area contributed by atoms with Crippen LogP contribution in [0.4, 0.5) is 0 Å². The first-order chi connectivity index (χ1) is 7.41. The third-order valence-corrected chi connectivity index (χ3v) is 3.82. The predicted octanol–water partition coefficient (Wildman–Crippen LogP) is 1.76. The van der Waals surface area contributed by atoms with Gasteiger partial charge in [0, 0.05) is 0 Å². The molecule has 2 fully saturated rings. The van der Waals surface area contributed by atoms with Gasteiger partial charge in [-0.15, -0.1) is 11.2 Å². The zero-order valence-corrected chi connectivity index (χ0v) is 13.0. The SMILES string of the molecule is CC1([O-])CCCCC1.CC1([O-])CCCCC1.[Mg+2]. The summed E-state index contributed by atoms with van der Waals surface area (Å²) in [6.45, 7) is 3.65. The van der Waals surface area contributed by atoms with Crippen LogP contribution in [0.2, 0.25) is 0 Å². The molecule has 3 heteroatoms. The number of hydrogen-bond acceptors (Lipinski definition) is 2. The van der Waals surface area contributed by atoms with Crippen molar-refractivity contribution in [1.29, 1.82) is 0 Å². The Kier molecular flexibility index (Phi) is 8.30. The van der Waals surface area contributed by atoms with Crippen molar-refractivity contribution in [2.24, 2.45) is 0 Å². The van der Waals surface area contributed by atoms with Crippen molar-refractivity contribution in [2.75, 3.05) is 0 Å². The summed E-state index contributed by atoms with van der Waals surface area (Å²) in [4.78, 5) is 0. The van der Waals surface area contributed by atoms with E-state index in [0.717, 1.165) is 51.4 Å². The Morgan fingerprint density at radius 3 is 0.941 bits per heavy atom. The molecule has 0 aliphatic heterocycles. The van der Waals surface area contributed by atoms with E-state index < -0.39 is 11.2 Å². The summed E-state index contributed by atoms with van der Waals surface area (Å²) in [5, 5.41) is 22.2. The van der Waals surface area contributed by atoms with Crippen LogP contribution in [0.1, 0.15) is 78.1 Å². The van der Waals surface area contributed by atoms with E-state index in [9.17, 15) is 10.2 Å². The molecule has 0 unspecified atom stereocenters. The Morgan fingerprint density at radius 1 is 0.588 bits per heavy atom. The molecule has 0 bridgehead atoms. The minimum Gasteiger partial charge on any atom is -0.850 e. The van der Waals surface area contributed by atoms with E-state index in [1.807, 2.05) is 13.8 Å². The van der Waals surface area contributed by atoms with E-state index in [1.165, 1.54) is 12.8 Å². The fourth-order valence-corrected chi connectivity index (χ4v) is 2.60. The molecule has 0 amide bonds. The molecule has 0 aromatic carbocycles. The van der Waals surface area contributed by atoms with Crippen LogP contribution in [0.15, 0.2) is 0 Å². The largest absolute Gasteiger partial charge is 2.00 e. The molecular weight excluding hydrogens is 224 g/mol. The van der Waals surface area contributed by atoms with E-state index in [-0.39, 0.29) is 23.1 Å². The van der Waals surface area contributed by atoms with Gasteiger partial charge in [0.2, 0.25) is 0 Å². The van der Waals surface area contributed by atoms with E-state index >= 15 is 0 Å². The maximum atomic E-state index is 11.1. The van der Waals surface area contributed by atoms with E-state index in [0.29, 0.717) is 0 Å². The molecule has 0 saturated heterocycles. The minimum absolute atomic E-state index is 0. The third-order valence-electron chi connectivity index (χ3n) is 3.82. The molecule has 0 aromatic heterocycles. The first kappa shape index (κ1) is 17.7. The molecule has 2 nitrogen and oxygen atoms in total. The van der Waals surface area contributed by atoms with Crippen molar-refractivity contribution in [3.8, 4) is 0 Å². The molecule has 0 heterocycles. The van der Waals surface area contributed by atoms with Gasteiger partial charge >= 0.3 is 23.1 Å². The normalized spacial score (nSPS) is 26.1. The van der Waals surface area contributed by atoms with Crippen LogP contribution in [0.3, 0.4) is 0 Å². The summed E-state index contributed by atoms with van der Waals surface area (Å²) in [6.07, 6.45) is 10.7. The van der Waals surface area contributed by atoms with Crippen molar-refractivity contribution >= 4 is 23.1 Å². The summed E-state index contributed by atoms with van der Waals surface area (Å²) in [6, 6.07) is 0. The van der Waals surface area contributed by atoms with Crippen LogP contribution in [0, 0.1) is 0 Å². The van der Waals surface area contributed by atoms with Gasteiger partial charge in [-0.05, 0) is 0 Å². The molecule has 17 heavy (non-hydrogen) atoms. The molecule has 0 atom stereocenters. The molecule has 0 spiro atoms. The van der Waals surface area contributed by atoms with Crippen LogP contribution in [-0.2, 0) is 0 Å². The van der Waals surface area contributed by atoms with Gasteiger partial charge in [0.1, 0.15) is 0 Å². The molecule has 2 aliphatic carbocycles. The third kappa shape index (κ3) is 8.41. The summed E-state index contributed by atoms with van der Waals surface area (Å²) in [7, 11) is 0. The van der Waals surface area contributed by atoms with Crippen molar-refractivity contribution in [3.05, 3.63) is 0 Å². The second-order valence-corrected chi connectivity index (χ2v) is 6.02. The molecule has 0 N–H and O–H groups in total. The van der Waals surface area contributed by atoms with Crippen molar-refractivity contribution < 1.29 is 10.2 Å². The summed E-state index contributed by atoms with van der Waals surface area (Å²) in [5.41, 5.74) is -1.14. The van der Waals surface area contributed by atoms with E-state index in [4.69, 9.17) is 0 Å². The maximum Gasteiger partial charge on any atom is 2.00 e. The minimum atomic E-state index is -0.571. The Labute approximate surface area is 122 Å². The van der Waals surface area contributed by atoms with Gasteiger partial charge in [0.15, 0.2) is 0 Å². The molecule has 2 aliphatic rings. The first-order valence-corrected chi connectivity index (χ1v) is 6.82. The fourth-order valence-electron chi connectivity index (χ4n) is 2.60. The van der Waals surface area contributed by atoms with Gasteiger partial charge in [0.05, 0.1) is 0 Å². The quantitative estimate of drug-likeness (QED) is 0.615. The zero-order valence-electron chi connectivity index (χ0n) is 11.6. The molecule has 0 aromatic rings. The summed E-state index contributed by atoms with van der Waals surface area (Å²) >= 11 is 0. The van der Waals surface area contributed by atoms with Gasteiger partial charge in [-0.3, -0.25) is 0 Å². The van der Waals surface area contributed by atoms with Crippen LogP contribution in [0.5, 0.6) is 0 Å².